The maximum absolute atomic E-state index is 12.2. The van der Waals surface area contributed by atoms with Crippen molar-refractivity contribution in [2.45, 2.75) is 26.1 Å². The van der Waals surface area contributed by atoms with Crippen molar-refractivity contribution in [3.05, 3.63) is 54.6 Å². The second-order valence-corrected chi connectivity index (χ2v) is 5.34. The molecule has 0 aliphatic carbocycles. The van der Waals surface area contributed by atoms with Gasteiger partial charge in [-0.1, -0.05) is 30.3 Å². The summed E-state index contributed by atoms with van der Waals surface area (Å²) in [5, 5.41) is 2.67. The molecular formula is C19H21NO5. The van der Waals surface area contributed by atoms with Gasteiger partial charge in [0, 0.05) is 0 Å². The van der Waals surface area contributed by atoms with E-state index in [9.17, 15) is 9.59 Å². The van der Waals surface area contributed by atoms with Crippen molar-refractivity contribution >= 4 is 17.6 Å². The van der Waals surface area contributed by atoms with Crippen LogP contribution in [0.25, 0.3) is 0 Å². The summed E-state index contributed by atoms with van der Waals surface area (Å²) in [6.45, 7) is 3.07. The number of ether oxygens (including phenoxy) is 3. The lowest BCUT2D eigenvalue weighted by Crippen LogP contribution is -2.35. The highest BCUT2D eigenvalue weighted by Crippen LogP contribution is 2.23. The molecule has 2 aromatic rings. The van der Waals surface area contributed by atoms with Gasteiger partial charge in [-0.3, -0.25) is 4.79 Å². The van der Waals surface area contributed by atoms with E-state index in [0.29, 0.717) is 17.2 Å². The molecule has 6 heteroatoms. The molecular weight excluding hydrogens is 322 g/mol. The van der Waals surface area contributed by atoms with Gasteiger partial charge in [-0.25, -0.2) is 4.79 Å². The number of amides is 1. The normalized spacial score (nSPS) is 12.6. The zero-order valence-corrected chi connectivity index (χ0v) is 14.4. The van der Waals surface area contributed by atoms with Crippen molar-refractivity contribution in [1.29, 1.82) is 0 Å². The van der Waals surface area contributed by atoms with Gasteiger partial charge in [0.05, 0.1) is 12.8 Å². The average Bonchev–Trinajstić information content (AvgIpc) is 2.62. The number of para-hydroxylation sites is 3. The highest BCUT2D eigenvalue weighted by Gasteiger charge is 2.23. The number of carbonyl (C=O) groups is 2. The van der Waals surface area contributed by atoms with Crippen LogP contribution in [-0.4, -0.2) is 31.2 Å². The van der Waals surface area contributed by atoms with Gasteiger partial charge < -0.3 is 19.5 Å². The van der Waals surface area contributed by atoms with Crippen LogP contribution in [0.5, 0.6) is 11.5 Å². The summed E-state index contributed by atoms with van der Waals surface area (Å²) in [6, 6.07) is 15.9. The molecule has 2 rings (SSSR count). The summed E-state index contributed by atoms with van der Waals surface area (Å²) in [5.74, 6) is 0.00419. The fourth-order valence-corrected chi connectivity index (χ4v) is 2.06. The van der Waals surface area contributed by atoms with Gasteiger partial charge >= 0.3 is 5.97 Å². The van der Waals surface area contributed by atoms with Gasteiger partial charge in [0.1, 0.15) is 11.5 Å². The van der Waals surface area contributed by atoms with Crippen molar-refractivity contribution in [2.24, 2.45) is 0 Å². The Hall–Kier alpha value is -3.02. The van der Waals surface area contributed by atoms with Crippen molar-refractivity contribution < 1.29 is 23.8 Å². The molecule has 0 aromatic heterocycles. The number of esters is 1. The third kappa shape index (κ3) is 5.24. The number of nitrogens with one attached hydrogen (secondary N) is 1. The molecule has 0 saturated heterocycles. The molecule has 0 saturated carbocycles. The Morgan fingerprint density at radius 1 is 0.920 bits per heavy atom. The lowest BCUT2D eigenvalue weighted by Gasteiger charge is -2.18. The van der Waals surface area contributed by atoms with E-state index in [1.54, 1.807) is 55.5 Å². The molecule has 25 heavy (non-hydrogen) atoms. The molecule has 0 fully saturated rings. The Balaban J connectivity index is 1.90. The topological polar surface area (TPSA) is 73.9 Å². The zero-order chi connectivity index (χ0) is 18.2. The van der Waals surface area contributed by atoms with Gasteiger partial charge in [0.15, 0.2) is 12.2 Å². The third-order valence-corrected chi connectivity index (χ3v) is 3.41. The first-order valence-corrected chi connectivity index (χ1v) is 7.87. The van der Waals surface area contributed by atoms with Crippen LogP contribution >= 0.6 is 0 Å². The summed E-state index contributed by atoms with van der Waals surface area (Å²) in [4.78, 5) is 24.3. The van der Waals surface area contributed by atoms with E-state index in [-0.39, 0.29) is 0 Å². The summed E-state index contributed by atoms with van der Waals surface area (Å²) in [5.41, 5.74) is 0.506. The Morgan fingerprint density at radius 2 is 1.56 bits per heavy atom. The highest BCUT2D eigenvalue weighted by atomic mass is 16.6. The third-order valence-electron chi connectivity index (χ3n) is 3.41. The summed E-state index contributed by atoms with van der Waals surface area (Å²) in [6.07, 6.45) is -1.80. The molecule has 0 spiro atoms. The van der Waals surface area contributed by atoms with E-state index in [4.69, 9.17) is 14.2 Å². The molecule has 0 aliphatic heterocycles. The molecule has 132 valence electrons. The van der Waals surface area contributed by atoms with Crippen LogP contribution in [0, 0.1) is 0 Å². The predicted molar refractivity (Wildman–Crippen MR) is 93.7 cm³/mol. The second kappa shape index (κ2) is 8.73. The number of rotatable bonds is 7. The van der Waals surface area contributed by atoms with Crippen LogP contribution < -0.4 is 14.8 Å². The molecule has 0 radical (unpaired) electrons. The summed E-state index contributed by atoms with van der Waals surface area (Å²) < 4.78 is 15.8. The Bertz CT molecular complexity index is 717. The molecule has 6 nitrogen and oxygen atoms in total. The molecule has 2 atom stereocenters. The maximum Gasteiger partial charge on any atom is 0.347 e. The van der Waals surface area contributed by atoms with Gasteiger partial charge in [-0.15, -0.1) is 0 Å². The van der Waals surface area contributed by atoms with Gasteiger partial charge in [0.2, 0.25) is 0 Å². The predicted octanol–water partition coefficient (Wildman–Crippen LogP) is 3.03. The van der Waals surface area contributed by atoms with Crippen LogP contribution in [0.4, 0.5) is 5.69 Å². The monoisotopic (exact) mass is 343 g/mol. The lowest BCUT2D eigenvalue weighted by atomic mass is 10.2. The minimum Gasteiger partial charge on any atom is -0.495 e. The smallest absolute Gasteiger partial charge is 0.347 e. The molecule has 1 N–H and O–H groups in total. The minimum atomic E-state index is -0.973. The van der Waals surface area contributed by atoms with Gasteiger partial charge in [0.25, 0.3) is 5.91 Å². The first-order valence-electron chi connectivity index (χ1n) is 7.87. The second-order valence-electron chi connectivity index (χ2n) is 5.34. The van der Waals surface area contributed by atoms with Crippen LogP contribution in [0.15, 0.2) is 54.6 Å². The standard InChI is InChI=1S/C19H21NO5/c1-13(18(21)20-16-11-7-8-12-17(16)23-3)25-19(22)14(2)24-15-9-5-4-6-10-15/h4-14H,1-3H3,(H,20,21)/t13-,14+/m0/s1. The van der Waals surface area contributed by atoms with E-state index in [1.165, 1.54) is 14.0 Å². The molecule has 0 aliphatic rings. The molecule has 1 amide bonds. The van der Waals surface area contributed by atoms with E-state index in [2.05, 4.69) is 5.32 Å². The van der Waals surface area contributed by atoms with Crippen molar-refractivity contribution in [3.8, 4) is 11.5 Å². The number of methoxy groups -OCH3 is 1. The molecule has 0 bridgehead atoms. The average molecular weight is 343 g/mol. The highest BCUT2D eigenvalue weighted by molar-refractivity contribution is 5.96. The first kappa shape index (κ1) is 18.3. The maximum atomic E-state index is 12.2. The number of hydrogen-bond acceptors (Lipinski definition) is 5. The lowest BCUT2D eigenvalue weighted by molar-refractivity contribution is -0.159. The fourth-order valence-electron chi connectivity index (χ4n) is 2.06. The summed E-state index contributed by atoms with van der Waals surface area (Å²) >= 11 is 0. The van der Waals surface area contributed by atoms with Gasteiger partial charge in [-0.05, 0) is 38.1 Å². The van der Waals surface area contributed by atoms with E-state index >= 15 is 0 Å². The number of benzene rings is 2. The largest absolute Gasteiger partial charge is 0.495 e. The van der Waals surface area contributed by atoms with Crippen LogP contribution in [0.3, 0.4) is 0 Å². The van der Waals surface area contributed by atoms with Gasteiger partial charge in [-0.2, -0.15) is 0 Å². The Labute approximate surface area is 146 Å². The number of hydrogen-bond donors (Lipinski definition) is 1. The Kier molecular flexibility index (Phi) is 6.39. The minimum absolute atomic E-state index is 0.454. The zero-order valence-electron chi connectivity index (χ0n) is 14.4. The van der Waals surface area contributed by atoms with E-state index in [0.717, 1.165) is 0 Å². The molecule has 0 heterocycles. The van der Waals surface area contributed by atoms with Crippen molar-refractivity contribution in [2.75, 3.05) is 12.4 Å². The van der Waals surface area contributed by atoms with Crippen LogP contribution in [-0.2, 0) is 14.3 Å². The first-order chi connectivity index (χ1) is 12.0. The van der Waals surface area contributed by atoms with Crippen molar-refractivity contribution in [1.82, 2.24) is 0 Å². The molecule has 0 unspecified atom stereocenters. The SMILES string of the molecule is COc1ccccc1NC(=O)[C@H](C)OC(=O)[C@@H](C)Oc1ccccc1. The Morgan fingerprint density at radius 3 is 2.24 bits per heavy atom. The fraction of sp³-hybridized carbons (Fsp3) is 0.263. The van der Waals surface area contributed by atoms with E-state index in [1.807, 2.05) is 6.07 Å². The summed E-state index contributed by atoms with van der Waals surface area (Å²) in [7, 11) is 1.51. The number of anilines is 1. The molecule has 2 aromatic carbocycles. The van der Waals surface area contributed by atoms with E-state index < -0.39 is 24.1 Å². The van der Waals surface area contributed by atoms with Crippen LogP contribution in [0.1, 0.15) is 13.8 Å². The number of carbonyl (C=O) groups excluding carboxylic acids is 2. The van der Waals surface area contributed by atoms with Crippen LogP contribution in [0.2, 0.25) is 0 Å². The quantitative estimate of drug-likeness (QED) is 0.782. The van der Waals surface area contributed by atoms with Crippen molar-refractivity contribution in [3.63, 3.8) is 0 Å².